The number of anilines is 1. The van der Waals surface area contributed by atoms with Crippen molar-refractivity contribution < 1.29 is 38.8 Å². The molecule has 10 heteroatoms. The minimum absolute atomic E-state index is 0.0122. The van der Waals surface area contributed by atoms with Gasteiger partial charge in [0.1, 0.15) is 5.82 Å². The molecule has 0 aliphatic carbocycles. The summed E-state index contributed by atoms with van der Waals surface area (Å²) in [6.07, 6.45) is -1.94. The third-order valence-electron chi connectivity index (χ3n) is 9.07. The van der Waals surface area contributed by atoms with Crippen molar-refractivity contribution in [3.63, 3.8) is 0 Å². The number of nitrogens with one attached hydrogen (secondary N) is 1. The van der Waals surface area contributed by atoms with E-state index in [1.807, 2.05) is 26.0 Å². The summed E-state index contributed by atoms with van der Waals surface area (Å²) in [5, 5.41) is 35.9. The maximum absolute atomic E-state index is 14.7. The molecule has 6 unspecified atom stereocenters. The maximum atomic E-state index is 14.7. The van der Waals surface area contributed by atoms with Gasteiger partial charge in [-0.05, 0) is 42.2 Å². The fourth-order valence-corrected chi connectivity index (χ4v) is 7.42. The first-order chi connectivity index (χ1) is 20.5. The van der Waals surface area contributed by atoms with Gasteiger partial charge in [0.2, 0.25) is 5.60 Å². The molecule has 0 radical (unpaired) electrons. The molecule has 9 nitrogen and oxygen atoms in total. The summed E-state index contributed by atoms with van der Waals surface area (Å²) in [7, 11) is 0. The summed E-state index contributed by atoms with van der Waals surface area (Å²) in [5.74, 6) is -2.62. The number of ether oxygens (including phenoxy) is 2. The van der Waals surface area contributed by atoms with Crippen LogP contribution in [0.4, 0.5) is 10.1 Å². The molecular weight excluding hydrogens is 555 g/mol. The zero-order chi connectivity index (χ0) is 30.6. The molecule has 3 aromatic rings. The van der Waals surface area contributed by atoms with E-state index in [2.05, 4.69) is 5.32 Å². The lowest BCUT2D eigenvalue weighted by Crippen LogP contribution is -2.70. The van der Waals surface area contributed by atoms with E-state index in [-0.39, 0.29) is 13.0 Å². The zero-order valence-electron chi connectivity index (χ0n) is 23.9. The number of halogens is 1. The maximum Gasteiger partial charge on any atom is 0.305 e. The van der Waals surface area contributed by atoms with Crippen molar-refractivity contribution in [1.82, 2.24) is 4.90 Å². The van der Waals surface area contributed by atoms with E-state index < -0.39 is 64.9 Å². The molecule has 1 amide bonds. The smallest absolute Gasteiger partial charge is 0.305 e. The molecule has 3 saturated heterocycles. The Hall–Kier alpha value is -3.67. The molecule has 3 fully saturated rings. The number of morpholine rings is 1. The van der Waals surface area contributed by atoms with Gasteiger partial charge < -0.3 is 30.1 Å². The molecular formula is C33H35FN2O7. The highest BCUT2D eigenvalue weighted by molar-refractivity contribution is 6.03. The third-order valence-corrected chi connectivity index (χ3v) is 9.07. The van der Waals surface area contributed by atoms with Gasteiger partial charge in [0.05, 0.1) is 18.6 Å². The number of benzene rings is 3. The van der Waals surface area contributed by atoms with Gasteiger partial charge in [0, 0.05) is 24.2 Å². The monoisotopic (exact) mass is 590 g/mol. The highest BCUT2D eigenvalue weighted by Crippen LogP contribution is 2.79. The number of hydrogen-bond acceptors (Lipinski definition) is 7. The molecule has 0 aromatic heterocycles. The fourth-order valence-electron chi connectivity index (χ4n) is 7.42. The van der Waals surface area contributed by atoms with E-state index in [1.54, 1.807) is 53.4 Å². The molecule has 3 aliphatic heterocycles. The van der Waals surface area contributed by atoms with Crippen molar-refractivity contribution in [2.75, 3.05) is 11.9 Å². The van der Waals surface area contributed by atoms with Crippen molar-refractivity contribution in [3.05, 3.63) is 102 Å². The lowest BCUT2D eigenvalue weighted by molar-refractivity contribution is -0.327. The summed E-state index contributed by atoms with van der Waals surface area (Å²) < 4.78 is 27.8. The van der Waals surface area contributed by atoms with Crippen molar-refractivity contribution in [1.29, 1.82) is 0 Å². The van der Waals surface area contributed by atoms with Crippen LogP contribution < -0.4 is 5.32 Å². The largest absolute Gasteiger partial charge is 0.481 e. The first-order valence-corrected chi connectivity index (χ1v) is 14.5. The van der Waals surface area contributed by atoms with E-state index in [0.717, 1.165) is 0 Å². The Kier molecular flexibility index (Phi) is 7.18. The molecule has 226 valence electrons. The van der Waals surface area contributed by atoms with Gasteiger partial charge in [-0.15, -0.1) is 0 Å². The molecule has 0 spiro atoms. The number of carbonyl (C=O) groups excluding carboxylic acids is 1. The van der Waals surface area contributed by atoms with Gasteiger partial charge in [0.15, 0.2) is 17.1 Å². The van der Waals surface area contributed by atoms with Gasteiger partial charge >= 0.3 is 5.97 Å². The normalized spacial score (nSPS) is 32.1. The predicted molar refractivity (Wildman–Crippen MR) is 154 cm³/mol. The van der Waals surface area contributed by atoms with Crippen LogP contribution in [-0.4, -0.2) is 62.2 Å². The second kappa shape index (κ2) is 10.5. The highest BCUT2D eigenvalue weighted by atomic mass is 19.1. The number of epoxide rings is 1. The average Bonchev–Trinajstić information content (AvgIpc) is 3.67. The Morgan fingerprint density at radius 2 is 1.63 bits per heavy atom. The average molecular weight is 591 g/mol. The summed E-state index contributed by atoms with van der Waals surface area (Å²) in [5.41, 5.74) is -5.71. The van der Waals surface area contributed by atoms with E-state index in [1.165, 1.54) is 24.3 Å². The summed E-state index contributed by atoms with van der Waals surface area (Å²) in [6.45, 7) is 3.96. The Bertz CT molecular complexity index is 1510. The number of nitrogens with zero attached hydrogens (tertiary/aromatic N) is 1. The molecule has 43 heavy (non-hydrogen) atoms. The quantitative estimate of drug-likeness (QED) is 0.276. The Morgan fingerprint density at radius 3 is 2.23 bits per heavy atom. The number of carboxylic acid groups (broad SMARTS) is 1. The predicted octanol–water partition coefficient (Wildman–Crippen LogP) is 3.96. The number of fused-ring (bicyclic) bond motifs is 3. The van der Waals surface area contributed by atoms with Gasteiger partial charge in [-0.3, -0.25) is 9.59 Å². The van der Waals surface area contributed by atoms with Crippen LogP contribution in [0.3, 0.4) is 0 Å². The second-order valence-electron chi connectivity index (χ2n) is 11.8. The first kappa shape index (κ1) is 29.4. The van der Waals surface area contributed by atoms with Crippen LogP contribution >= 0.6 is 0 Å². The highest BCUT2D eigenvalue weighted by Gasteiger charge is 2.99. The summed E-state index contributed by atoms with van der Waals surface area (Å²) >= 11 is 0. The second-order valence-corrected chi connectivity index (χ2v) is 11.8. The third kappa shape index (κ3) is 4.08. The van der Waals surface area contributed by atoms with Crippen molar-refractivity contribution in [3.8, 4) is 0 Å². The molecule has 0 bridgehead atoms. The number of rotatable bonds is 9. The van der Waals surface area contributed by atoms with Crippen molar-refractivity contribution in [2.45, 2.75) is 68.0 Å². The summed E-state index contributed by atoms with van der Waals surface area (Å²) in [6, 6.07) is 23.4. The van der Waals surface area contributed by atoms with Gasteiger partial charge in [-0.25, -0.2) is 9.29 Å². The van der Waals surface area contributed by atoms with Crippen LogP contribution in [0.2, 0.25) is 0 Å². The van der Waals surface area contributed by atoms with Gasteiger partial charge in [0.25, 0.3) is 5.91 Å². The Balaban J connectivity index is 1.57. The summed E-state index contributed by atoms with van der Waals surface area (Å²) in [4.78, 5) is 27.8. The molecule has 3 aliphatic rings. The van der Waals surface area contributed by atoms with Crippen LogP contribution in [0.15, 0.2) is 84.9 Å². The minimum Gasteiger partial charge on any atom is -0.481 e. The molecule has 3 aromatic carbocycles. The van der Waals surface area contributed by atoms with Crippen LogP contribution in [-0.2, 0) is 30.4 Å². The van der Waals surface area contributed by atoms with Crippen molar-refractivity contribution in [2.24, 2.45) is 5.92 Å². The standard InChI is InChI=1S/C33H35FN2O7/c1-21(2)33-31(29(40)35-25-11-7-4-8-12-25)30(43-31,22-9-5-3-6-10-22)32(41,23-13-15-24(34)16-14-23)36(33)18-17-27(42-33)19-26(37)20-28(38)39/h3-16,21,26-27,37,41H,17-20H2,1-2H3,(H,35,40)(H,38,39). The van der Waals surface area contributed by atoms with Crippen molar-refractivity contribution >= 4 is 17.6 Å². The first-order valence-electron chi connectivity index (χ1n) is 14.5. The van der Waals surface area contributed by atoms with Crippen LogP contribution in [0.25, 0.3) is 0 Å². The lowest BCUT2D eigenvalue weighted by atomic mass is 9.73. The lowest BCUT2D eigenvalue weighted by Gasteiger charge is -2.55. The van der Waals surface area contributed by atoms with E-state index in [0.29, 0.717) is 23.2 Å². The van der Waals surface area contributed by atoms with Gasteiger partial charge in [-0.1, -0.05) is 74.5 Å². The molecule has 4 N–H and O–H groups in total. The number of aliphatic hydroxyl groups excluding tert-OH is 1. The number of amides is 1. The minimum atomic E-state index is -2.00. The number of para-hydroxylation sites is 1. The number of carboxylic acids is 1. The fraction of sp³-hybridized carbons (Fsp3) is 0.394. The Morgan fingerprint density at radius 1 is 1.00 bits per heavy atom. The van der Waals surface area contributed by atoms with E-state index in [9.17, 15) is 29.3 Å². The number of carbonyl (C=O) groups is 2. The van der Waals surface area contributed by atoms with Gasteiger partial charge in [-0.2, -0.15) is 0 Å². The number of hydrogen-bond donors (Lipinski definition) is 4. The van der Waals surface area contributed by atoms with E-state index in [4.69, 9.17) is 9.47 Å². The topological polar surface area (TPSA) is 132 Å². The zero-order valence-corrected chi connectivity index (χ0v) is 23.9. The van der Waals surface area contributed by atoms with E-state index >= 15 is 0 Å². The van der Waals surface area contributed by atoms with Crippen LogP contribution in [0.1, 0.15) is 44.2 Å². The molecule has 6 rings (SSSR count). The SMILES string of the molecule is CC(C)C12OC(CC(O)CC(=O)O)CCN1C(O)(c1ccc(F)cc1)C1(c3ccccc3)OC21C(=O)Nc1ccccc1. The van der Waals surface area contributed by atoms with Crippen LogP contribution in [0, 0.1) is 11.7 Å². The molecule has 3 heterocycles. The molecule has 6 atom stereocenters. The Labute approximate surface area is 248 Å². The number of aliphatic carboxylic acids is 1. The van der Waals surface area contributed by atoms with Crippen LogP contribution in [0.5, 0.6) is 0 Å². The number of aliphatic hydroxyl groups is 2. The molecule has 0 saturated carbocycles.